The molecule has 118 valence electrons. The van der Waals surface area contributed by atoms with Gasteiger partial charge in [-0.15, -0.1) is 0 Å². The predicted molar refractivity (Wildman–Crippen MR) is 93.4 cm³/mol. The summed E-state index contributed by atoms with van der Waals surface area (Å²) in [4.78, 5) is 26.7. The normalized spacial score (nSPS) is 17.9. The second kappa shape index (κ2) is 6.96. The lowest BCUT2D eigenvalue weighted by Crippen LogP contribution is -2.52. The highest BCUT2D eigenvalue weighted by atomic mass is 79.9. The first-order chi connectivity index (χ1) is 11.1. The molecule has 0 aliphatic carbocycles. The number of hydrogen-bond acceptors (Lipinski definition) is 2. The number of carbonyl (C=O) groups is 2. The average molecular weight is 373 g/mol. The molecule has 0 aromatic heterocycles. The van der Waals surface area contributed by atoms with Crippen molar-refractivity contribution in [2.45, 2.75) is 18.9 Å². The fourth-order valence-corrected chi connectivity index (χ4v) is 2.98. The third-order valence-corrected chi connectivity index (χ3v) is 4.45. The minimum atomic E-state index is -0.472. The molecule has 1 N–H and O–H groups in total. The second-order valence-corrected chi connectivity index (χ2v) is 6.42. The molecule has 2 amide bonds. The van der Waals surface area contributed by atoms with Crippen LogP contribution in [-0.2, 0) is 4.79 Å². The third-order valence-electron chi connectivity index (χ3n) is 3.92. The number of amides is 2. The van der Waals surface area contributed by atoms with E-state index in [9.17, 15) is 9.59 Å². The molecule has 1 heterocycles. The highest BCUT2D eigenvalue weighted by Crippen LogP contribution is 2.21. The molecular formula is C18H17BrN2O2. The highest BCUT2D eigenvalue weighted by molar-refractivity contribution is 9.10. The number of hydrogen-bond donors (Lipinski definition) is 1. The van der Waals surface area contributed by atoms with Crippen LogP contribution < -0.4 is 10.2 Å². The Morgan fingerprint density at radius 1 is 1.09 bits per heavy atom. The van der Waals surface area contributed by atoms with Gasteiger partial charge in [-0.25, -0.2) is 0 Å². The Hall–Kier alpha value is -2.14. The largest absolute Gasteiger partial charge is 0.340 e. The number of nitrogens with zero attached hydrogens (tertiary/aromatic N) is 1. The molecule has 1 aliphatic rings. The smallest absolute Gasteiger partial charge is 0.251 e. The first kappa shape index (κ1) is 15.7. The molecule has 0 radical (unpaired) electrons. The van der Waals surface area contributed by atoms with Crippen molar-refractivity contribution < 1.29 is 9.59 Å². The maximum atomic E-state index is 12.7. The molecule has 5 heteroatoms. The molecule has 23 heavy (non-hydrogen) atoms. The van der Waals surface area contributed by atoms with E-state index >= 15 is 0 Å². The summed E-state index contributed by atoms with van der Waals surface area (Å²) in [5.41, 5.74) is 1.43. The van der Waals surface area contributed by atoms with Crippen LogP contribution in [0, 0.1) is 0 Å². The lowest BCUT2D eigenvalue weighted by molar-refractivity contribution is -0.121. The number of benzene rings is 2. The Morgan fingerprint density at radius 3 is 2.48 bits per heavy atom. The summed E-state index contributed by atoms with van der Waals surface area (Å²) in [5, 5.41) is 2.86. The van der Waals surface area contributed by atoms with Gasteiger partial charge in [0.2, 0.25) is 5.91 Å². The second-order valence-electron chi connectivity index (χ2n) is 5.50. The molecule has 3 rings (SSSR count). The maximum absolute atomic E-state index is 12.7. The van der Waals surface area contributed by atoms with Crippen LogP contribution in [0.3, 0.4) is 0 Å². The standard InChI is InChI=1S/C18H17BrN2O2/c19-14-10-8-13(9-11-14)17(22)20-16-7-4-12-21(18(16)23)15-5-2-1-3-6-15/h1-3,5-6,8-11,16H,4,7,12H2,(H,20,22). The molecule has 2 aromatic rings. The van der Waals surface area contributed by atoms with Crippen molar-refractivity contribution in [3.63, 3.8) is 0 Å². The molecule has 0 spiro atoms. The highest BCUT2D eigenvalue weighted by Gasteiger charge is 2.30. The minimum absolute atomic E-state index is 0.0482. The lowest BCUT2D eigenvalue weighted by Gasteiger charge is -2.32. The van der Waals surface area contributed by atoms with E-state index in [2.05, 4.69) is 21.2 Å². The van der Waals surface area contributed by atoms with Crippen LogP contribution in [0.25, 0.3) is 0 Å². The molecule has 0 bridgehead atoms. The van der Waals surface area contributed by atoms with E-state index in [0.29, 0.717) is 18.5 Å². The van der Waals surface area contributed by atoms with Crippen LogP contribution in [0.15, 0.2) is 59.1 Å². The first-order valence-corrected chi connectivity index (χ1v) is 8.37. The molecule has 1 fully saturated rings. The Bertz CT molecular complexity index is 701. The van der Waals surface area contributed by atoms with Crippen molar-refractivity contribution >= 4 is 33.4 Å². The average Bonchev–Trinajstić information content (AvgIpc) is 2.58. The SMILES string of the molecule is O=C(NC1CCCN(c2ccccc2)C1=O)c1ccc(Br)cc1. The van der Waals surface area contributed by atoms with Crippen LogP contribution in [0.2, 0.25) is 0 Å². The molecule has 1 unspecified atom stereocenters. The summed E-state index contributed by atoms with van der Waals surface area (Å²) in [7, 11) is 0. The number of halogens is 1. The van der Waals surface area contributed by atoms with Crippen LogP contribution in [-0.4, -0.2) is 24.4 Å². The maximum Gasteiger partial charge on any atom is 0.251 e. The summed E-state index contributed by atoms with van der Waals surface area (Å²) in [6.07, 6.45) is 1.54. The summed E-state index contributed by atoms with van der Waals surface area (Å²) in [6.45, 7) is 0.688. The Morgan fingerprint density at radius 2 is 1.78 bits per heavy atom. The first-order valence-electron chi connectivity index (χ1n) is 7.58. The van der Waals surface area contributed by atoms with Crippen molar-refractivity contribution in [3.05, 3.63) is 64.6 Å². The van der Waals surface area contributed by atoms with Gasteiger partial charge in [0.1, 0.15) is 6.04 Å². The van der Waals surface area contributed by atoms with E-state index in [0.717, 1.165) is 16.6 Å². The van der Waals surface area contributed by atoms with Crippen LogP contribution >= 0.6 is 15.9 Å². The molecule has 1 atom stereocenters. The molecule has 2 aromatic carbocycles. The lowest BCUT2D eigenvalue weighted by atomic mass is 10.0. The topological polar surface area (TPSA) is 49.4 Å². The zero-order chi connectivity index (χ0) is 16.2. The third kappa shape index (κ3) is 3.62. The Labute approximate surface area is 143 Å². The van der Waals surface area contributed by atoms with Crippen molar-refractivity contribution in [2.75, 3.05) is 11.4 Å². The van der Waals surface area contributed by atoms with Gasteiger partial charge in [-0.1, -0.05) is 34.1 Å². The fourth-order valence-electron chi connectivity index (χ4n) is 2.72. The Kier molecular flexibility index (Phi) is 4.76. The van der Waals surface area contributed by atoms with E-state index in [4.69, 9.17) is 0 Å². The Balaban J connectivity index is 1.71. The van der Waals surface area contributed by atoms with Gasteiger partial charge in [0.25, 0.3) is 5.91 Å². The van der Waals surface area contributed by atoms with Gasteiger partial charge in [0.05, 0.1) is 0 Å². The van der Waals surface area contributed by atoms with Gasteiger partial charge in [0.15, 0.2) is 0 Å². The number of piperidine rings is 1. The summed E-state index contributed by atoms with van der Waals surface area (Å²) >= 11 is 3.34. The van der Waals surface area contributed by atoms with Crippen molar-refractivity contribution in [3.8, 4) is 0 Å². The van der Waals surface area contributed by atoms with E-state index in [-0.39, 0.29) is 11.8 Å². The zero-order valence-electron chi connectivity index (χ0n) is 12.5. The van der Waals surface area contributed by atoms with Gasteiger partial charge in [0, 0.05) is 22.3 Å². The number of carbonyl (C=O) groups excluding carboxylic acids is 2. The summed E-state index contributed by atoms with van der Waals surface area (Å²) in [5.74, 6) is -0.265. The van der Waals surface area contributed by atoms with Crippen LogP contribution in [0.4, 0.5) is 5.69 Å². The van der Waals surface area contributed by atoms with E-state index in [1.165, 1.54) is 0 Å². The van der Waals surface area contributed by atoms with Crippen molar-refractivity contribution in [1.82, 2.24) is 5.32 Å². The van der Waals surface area contributed by atoms with Crippen molar-refractivity contribution in [1.29, 1.82) is 0 Å². The zero-order valence-corrected chi connectivity index (χ0v) is 14.1. The van der Waals surface area contributed by atoms with Crippen LogP contribution in [0.5, 0.6) is 0 Å². The van der Waals surface area contributed by atoms with Gasteiger partial charge in [-0.05, 0) is 49.2 Å². The van der Waals surface area contributed by atoms with Gasteiger partial charge >= 0.3 is 0 Å². The molecule has 1 saturated heterocycles. The van der Waals surface area contributed by atoms with E-state index in [1.807, 2.05) is 42.5 Å². The molecule has 4 nitrogen and oxygen atoms in total. The molecule has 0 saturated carbocycles. The number of para-hydroxylation sites is 1. The van der Waals surface area contributed by atoms with Gasteiger partial charge in [-0.2, -0.15) is 0 Å². The monoisotopic (exact) mass is 372 g/mol. The quantitative estimate of drug-likeness (QED) is 0.897. The van der Waals surface area contributed by atoms with Crippen LogP contribution in [0.1, 0.15) is 23.2 Å². The number of rotatable bonds is 3. The van der Waals surface area contributed by atoms with Gasteiger partial charge < -0.3 is 10.2 Å². The minimum Gasteiger partial charge on any atom is -0.340 e. The van der Waals surface area contributed by atoms with E-state index in [1.54, 1.807) is 17.0 Å². The summed E-state index contributed by atoms with van der Waals surface area (Å²) in [6, 6.07) is 16.2. The molecular weight excluding hydrogens is 356 g/mol. The fraction of sp³-hybridized carbons (Fsp3) is 0.222. The van der Waals surface area contributed by atoms with Crippen molar-refractivity contribution in [2.24, 2.45) is 0 Å². The summed E-state index contributed by atoms with van der Waals surface area (Å²) < 4.78 is 0.915. The number of anilines is 1. The molecule has 1 aliphatic heterocycles. The van der Waals surface area contributed by atoms with E-state index < -0.39 is 6.04 Å². The predicted octanol–water partition coefficient (Wildman–Crippen LogP) is 3.37. The van der Waals surface area contributed by atoms with Gasteiger partial charge in [-0.3, -0.25) is 9.59 Å². The number of nitrogens with one attached hydrogen (secondary N) is 1.